The van der Waals surface area contributed by atoms with E-state index in [4.69, 9.17) is 16.3 Å². The van der Waals surface area contributed by atoms with Crippen molar-refractivity contribution in [2.75, 3.05) is 11.9 Å². The fourth-order valence-electron chi connectivity index (χ4n) is 3.22. The molecule has 0 atom stereocenters. The standard InChI is InChI=1S/C23H22ClN5O4/c1-13-11-14(2)29(28-13)19-10-9-17(24)21(27-19)23(32)33-12-20(30)26-18-6-4-3-5-16(18)22(31)25-15-7-8-15/h3-6,9-11,15H,7-8,12H2,1-2H3,(H,25,31)(H,26,30). The quantitative estimate of drug-likeness (QED) is 0.515. The lowest BCUT2D eigenvalue weighted by molar-refractivity contribution is -0.119. The van der Waals surface area contributed by atoms with E-state index in [-0.39, 0.29) is 22.7 Å². The Morgan fingerprint density at radius 3 is 2.61 bits per heavy atom. The summed E-state index contributed by atoms with van der Waals surface area (Å²) >= 11 is 6.13. The Hall–Kier alpha value is -3.72. The molecule has 1 fully saturated rings. The summed E-state index contributed by atoms with van der Waals surface area (Å²) < 4.78 is 6.70. The summed E-state index contributed by atoms with van der Waals surface area (Å²) in [4.78, 5) is 41.6. The second-order valence-electron chi connectivity index (χ2n) is 7.76. The van der Waals surface area contributed by atoms with Gasteiger partial charge < -0.3 is 15.4 Å². The number of carbonyl (C=O) groups is 3. The maximum absolute atomic E-state index is 12.6. The zero-order valence-corrected chi connectivity index (χ0v) is 18.8. The Morgan fingerprint density at radius 1 is 1.15 bits per heavy atom. The van der Waals surface area contributed by atoms with E-state index in [0.717, 1.165) is 24.2 Å². The summed E-state index contributed by atoms with van der Waals surface area (Å²) in [7, 11) is 0. The lowest BCUT2D eigenvalue weighted by Crippen LogP contribution is -2.28. The van der Waals surface area contributed by atoms with Gasteiger partial charge in [0.05, 0.1) is 22.0 Å². The summed E-state index contributed by atoms with van der Waals surface area (Å²) in [6.07, 6.45) is 1.90. The van der Waals surface area contributed by atoms with Crippen LogP contribution in [-0.2, 0) is 9.53 Å². The van der Waals surface area contributed by atoms with Crippen LogP contribution >= 0.6 is 11.6 Å². The number of anilines is 1. The van der Waals surface area contributed by atoms with Crippen LogP contribution in [0.4, 0.5) is 5.69 Å². The minimum Gasteiger partial charge on any atom is -0.451 e. The third kappa shape index (κ3) is 5.38. The molecule has 0 aliphatic heterocycles. The van der Waals surface area contributed by atoms with Crippen molar-refractivity contribution in [3.8, 4) is 5.82 Å². The van der Waals surface area contributed by atoms with Crippen molar-refractivity contribution in [3.05, 3.63) is 70.1 Å². The Bertz CT molecular complexity index is 1240. The molecule has 9 nitrogen and oxygen atoms in total. The van der Waals surface area contributed by atoms with E-state index in [1.54, 1.807) is 35.0 Å². The maximum Gasteiger partial charge on any atom is 0.359 e. The fourth-order valence-corrected chi connectivity index (χ4v) is 3.40. The first-order valence-corrected chi connectivity index (χ1v) is 10.8. The number of pyridine rings is 1. The van der Waals surface area contributed by atoms with Crippen molar-refractivity contribution < 1.29 is 19.1 Å². The van der Waals surface area contributed by atoms with Gasteiger partial charge in [0, 0.05) is 11.7 Å². The molecule has 4 rings (SSSR count). The highest BCUT2D eigenvalue weighted by atomic mass is 35.5. The molecule has 2 heterocycles. The van der Waals surface area contributed by atoms with Crippen molar-refractivity contribution >= 4 is 35.1 Å². The molecule has 2 aromatic heterocycles. The monoisotopic (exact) mass is 467 g/mol. The molecule has 0 unspecified atom stereocenters. The highest BCUT2D eigenvalue weighted by molar-refractivity contribution is 6.33. The molecule has 10 heteroatoms. The van der Waals surface area contributed by atoms with Crippen LogP contribution in [0.1, 0.15) is 45.1 Å². The number of aromatic nitrogens is 3. The number of nitrogens with one attached hydrogen (secondary N) is 2. The molecule has 2 N–H and O–H groups in total. The molecule has 0 bridgehead atoms. The molecule has 33 heavy (non-hydrogen) atoms. The van der Waals surface area contributed by atoms with Gasteiger partial charge >= 0.3 is 5.97 Å². The van der Waals surface area contributed by atoms with Crippen molar-refractivity contribution in [2.24, 2.45) is 0 Å². The van der Waals surface area contributed by atoms with E-state index in [0.29, 0.717) is 17.1 Å². The zero-order chi connectivity index (χ0) is 23.5. The minimum atomic E-state index is -0.849. The molecule has 1 aliphatic carbocycles. The fraction of sp³-hybridized carbons (Fsp3) is 0.261. The lowest BCUT2D eigenvalue weighted by atomic mass is 10.1. The summed E-state index contributed by atoms with van der Waals surface area (Å²) in [6.45, 7) is 3.14. The average molecular weight is 468 g/mol. The highest BCUT2D eigenvalue weighted by Gasteiger charge is 2.25. The number of hydrogen-bond donors (Lipinski definition) is 2. The SMILES string of the molecule is Cc1cc(C)n(-c2ccc(Cl)c(C(=O)OCC(=O)Nc3ccccc3C(=O)NC3CC3)n2)n1. The molecular weight excluding hydrogens is 446 g/mol. The van der Waals surface area contributed by atoms with Crippen LogP contribution in [0.25, 0.3) is 5.82 Å². The van der Waals surface area contributed by atoms with Crippen LogP contribution in [0.15, 0.2) is 42.5 Å². The third-order valence-electron chi connectivity index (χ3n) is 4.94. The van der Waals surface area contributed by atoms with Crippen molar-refractivity contribution in [3.63, 3.8) is 0 Å². The van der Waals surface area contributed by atoms with Crippen LogP contribution in [0.3, 0.4) is 0 Å². The number of nitrogens with zero attached hydrogens (tertiary/aromatic N) is 3. The van der Waals surface area contributed by atoms with Crippen LogP contribution in [0.5, 0.6) is 0 Å². The number of aryl methyl sites for hydroxylation is 2. The van der Waals surface area contributed by atoms with Crippen LogP contribution in [-0.4, -0.2) is 45.2 Å². The molecule has 0 saturated heterocycles. The second kappa shape index (κ2) is 9.41. The van der Waals surface area contributed by atoms with Gasteiger partial charge in [0.1, 0.15) is 0 Å². The van der Waals surface area contributed by atoms with Crippen LogP contribution in [0, 0.1) is 13.8 Å². The highest BCUT2D eigenvalue weighted by Crippen LogP contribution is 2.22. The maximum atomic E-state index is 12.6. The summed E-state index contributed by atoms with van der Waals surface area (Å²) in [5.41, 5.74) is 2.19. The Kier molecular flexibility index (Phi) is 6.41. The number of benzene rings is 1. The zero-order valence-electron chi connectivity index (χ0n) is 18.1. The molecule has 0 radical (unpaired) electrons. The van der Waals surface area contributed by atoms with Gasteiger partial charge in [0.15, 0.2) is 18.1 Å². The smallest absolute Gasteiger partial charge is 0.359 e. The Morgan fingerprint density at radius 2 is 1.91 bits per heavy atom. The topological polar surface area (TPSA) is 115 Å². The van der Waals surface area contributed by atoms with Gasteiger partial charge in [-0.15, -0.1) is 0 Å². The van der Waals surface area contributed by atoms with Gasteiger partial charge in [-0.3, -0.25) is 9.59 Å². The molecule has 2 amide bonds. The predicted octanol–water partition coefficient (Wildman–Crippen LogP) is 3.23. The van der Waals surface area contributed by atoms with E-state index in [1.807, 2.05) is 19.9 Å². The second-order valence-corrected chi connectivity index (χ2v) is 8.16. The predicted molar refractivity (Wildman–Crippen MR) is 122 cm³/mol. The van der Waals surface area contributed by atoms with Crippen molar-refractivity contribution in [2.45, 2.75) is 32.7 Å². The summed E-state index contributed by atoms with van der Waals surface area (Å²) in [5, 5.41) is 9.92. The van der Waals surface area contributed by atoms with Crippen LogP contribution < -0.4 is 10.6 Å². The van der Waals surface area contributed by atoms with E-state index in [2.05, 4.69) is 20.7 Å². The first-order chi connectivity index (χ1) is 15.8. The minimum absolute atomic E-state index is 0.0905. The molecule has 3 aromatic rings. The molecule has 0 spiro atoms. The van der Waals surface area contributed by atoms with E-state index >= 15 is 0 Å². The summed E-state index contributed by atoms with van der Waals surface area (Å²) in [5.74, 6) is -1.31. The van der Waals surface area contributed by atoms with Crippen LogP contribution in [0.2, 0.25) is 5.02 Å². The van der Waals surface area contributed by atoms with Crippen molar-refractivity contribution in [1.29, 1.82) is 0 Å². The lowest BCUT2D eigenvalue weighted by Gasteiger charge is -2.12. The number of esters is 1. The third-order valence-corrected chi connectivity index (χ3v) is 5.25. The number of ether oxygens (including phenoxy) is 1. The number of halogens is 1. The average Bonchev–Trinajstić information content (AvgIpc) is 3.53. The van der Waals surface area contributed by atoms with Gasteiger partial charge in [0.25, 0.3) is 11.8 Å². The van der Waals surface area contributed by atoms with Gasteiger partial charge in [-0.05, 0) is 57.0 Å². The van der Waals surface area contributed by atoms with E-state index in [9.17, 15) is 14.4 Å². The first kappa shape index (κ1) is 22.5. The van der Waals surface area contributed by atoms with Gasteiger partial charge in [-0.2, -0.15) is 5.10 Å². The van der Waals surface area contributed by atoms with Gasteiger partial charge in [0.2, 0.25) is 0 Å². The van der Waals surface area contributed by atoms with Gasteiger partial charge in [-0.25, -0.2) is 14.5 Å². The molecule has 170 valence electrons. The largest absolute Gasteiger partial charge is 0.451 e. The van der Waals surface area contributed by atoms with E-state index < -0.39 is 18.5 Å². The number of carbonyl (C=O) groups excluding carboxylic acids is 3. The van der Waals surface area contributed by atoms with Gasteiger partial charge in [-0.1, -0.05) is 23.7 Å². The number of para-hydroxylation sites is 1. The number of amides is 2. The Labute approximate surface area is 195 Å². The summed E-state index contributed by atoms with van der Waals surface area (Å²) in [6, 6.07) is 11.8. The Balaban J connectivity index is 1.41. The molecular formula is C23H22ClN5O4. The van der Waals surface area contributed by atoms with Crippen molar-refractivity contribution in [1.82, 2.24) is 20.1 Å². The van der Waals surface area contributed by atoms with E-state index in [1.165, 1.54) is 6.07 Å². The molecule has 1 saturated carbocycles. The first-order valence-electron chi connectivity index (χ1n) is 10.4. The normalized spacial score (nSPS) is 12.8. The number of hydrogen-bond acceptors (Lipinski definition) is 6. The molecule has 1 aromatic carbocycles. The number of rotatable bonds is 7. The molecule has 1 aliphatic rings.